The number of rotatable bonds is 7. The molecule has 1 aromatic carbocycles. The van der Waals surface area contributed by atoms with E-state index in [9.17, 15) is 0 Å². The second-order valence-corrected chi connectivity index (χ2v) is 5.53. The second kappa shape index (κ2) is 9.45. The Bertz CT molecular complexity index is 386. The number of hydrogen-bond donors (Lipinski definition) is 1. The first-order valence-electron chi connectivity index (χ1n) is 6.19. The molecule has 0 unspecified atom stereocenters. The molecular formula is C14H23BrClNO2. The molecule has 19 heavy (non-hydrogen) atoms. The van der Waals surface area contributed by atoms with E-state index in [1.165, 1.54) is 12.0 Å². The third-order valence-electron chi connectivity index (χ3n) is 2.72. The zero-order valence-corrected chi connectivity index (χ0v) is 14.4. The maximum Gasteiger partial charge on any atom is 0.174 e. The van der Waals surface area contributed by atoms with Crippen LogP contribution in [0.5, 0.6) is 11.5 Å². The first-order chi connectivity index (χ1) is 8.58. The molecule has 0 fully saturated rings. The van der Waals surface area contributed by atoms with Crippen LogP contribution in [-0.2, 0) is 6.54 Å². The van der Waals surface area contributed by atoms with E-state index in [1.54, 1.807) is 14.2 Å². The Balaban J connectivity index is 0.00000324. The van der Waals surface area contributed by atoms with Crippen LogP contribution in [0, 0.1) is 5.92 Å². The quantitative estimate of drug-likeness (QED) is 0.752. The van der Waals surface area contributed by atoms with Crippen molar-refractivity contribution < 1.29 is 9.47 Å². The van der Waals surface area contributed by atoms with Gasteiger partial charge >= 0.3 is 0 Å². The Morgan fingerprint density at radius 2 is 1.89 bits per heavy atom. The molecule has 0 bridgehead atoms. The third kappa shape index (κ3) is 6.02. The summed E-state index contributed by atoms with van der Waals surface area (Å²) in [5.74, 6) is 2.23. The van der Waals surface area contributed by atoms with Gasteiger partial charge < -0.3 is 14.8 Å². The van der Waals surface area contributed by atoms with E-state index in [0.717, 1.165) is 35.0 Å². The van der Waals surface area contributed by atoms with E-state index >= 15 is 0 Å². The molecule has 1 aromatic rings. The van der Waals surface area contributed by atoms with Crippen LogP contribution in [0.2, 0.25) is 0 Å². The van der Waals surface area contributed by atoms with Gasteiger partial charge in [-0.05, 0) is 52.5 Å². The number of methoxy groups -OCH3 is 2. The normalized spacial score (nSPS) is 10.2. The van der Waals surface area contributed by atoms with Gasteiger partial charge in [-0.3, -0.25) is 0 Å². The fourth-order valence-electron chi connectivity index (χ4n) is 1.70. The lowest BCUT2D eigenvalue weighted by Gasteiger charge is -2.13. The minimum absolute atomic E-state index is 0. The Morgan fingerprint density at radius 3 is 2.42 bits per heavy atom. The van der Waals surface area contributed by atoms with Crippen molar-refractivity contribution >= 4 is 28.3 Å². The maximum absolute atomic E-state index is 5.32. The molecule has 5 heteroatoms. The highest BCUT2D eigenvalue weighted by Gasteiger charge is 2.10. The lowest BCUT2D eigenvalue weighted by molar-refractivity contribution is 0.352. The second-order valence-electron chi connectivity index (χ2n) is 4.67. The fourth-order valence-corrected chi connectivity index (χ4v) is 2.35. The summed E-state index contributed by atoms with van der Waals surface area (Å²) in [4.78, 5) is 0. The lowest BCUT2D eigenvalue weighted by atomic mass is 10.1. The summed E-state index contributed by atoms with van der Waals surface area (Å²) >= 11 is 3.50. The molecule has 0 spiro atoms. The molecule has 0 radical (unpaired) electrons. The van der Waals surface area contributed by atoms with E-state index in [0.29, 0.717) is 0 Å². The number of halogens is 2. The Hall–Kier alpha value is -0.450. The van der Waals surface area contributed by atoms with E-state index < -0.39 is 0 Å². The van der Waals surface area contributed by atoms with Gasteiger partial charge in [0.25, 0.3) is 0 Å². The van der Waals surface area contributed by atoms with Crippen LogP contribution < -0.4 is 14.8 Å². The van der Waals surface area contributed by atoms with Crippen molar-refractivity contribution in [3.8, 4) is 11.5 Å². The third-order valence-corrected chi connectivity index (χ3v) is 3.31. The molecule has 1 rings (SSSR count). The Labute approximate surface area is 130 Å². The summed E-state index contributed by atoms with van der Waals surface area (Å²) in [6.07, 6.45) is 1.19. The van der Waals surface area contributed by atoms with Gasteiger partial charge in [0.05, 0.1) is 18.7 Å². The predicted molar refractivity (Wildman–Crippen MR) is 85.7 cm³/mol. The minimum atomic E-state index is 0. The highest BCUT2D eigenvalue weighted by atomic mass is 79.9. The smallest absolute Gasteiger partial charge is 0.174 e. The predicted octanol–water partition coefficient (Wildman–Crippen LogP) is 4.02. The van der Waals surface area contributed by atoms with Gasteiger partial charge in [0, 0.05) is 6.54 Å². The average Bonchev–Trinajstić information content (AvgIpc) is 2.33. The molecule has 1 N–H and O–H groups in total. The van der Waals surface area contributed by atoms with Gasteiger partial charge in [0.15, 0.2) is 11.5 Å². The molecule has 0 heterocycles. The first kappa shape index (κ1) is 18.6. The van der Waals surface area contributed by atoms with Crippen molar-refractivity contribution in [1.29, 1.82) is 0 Å². The molecular weight excluding hydrogens is 330 g/mol. The molecule has 0 aliphatic rings. The zero-order valence-electron chi connectivity index (χ0n) is 12.0. The molecule has 0 saturated heterocycles. The zero-order chi connectivity index (χ0) is 13.5. The monoisotopic (exact) mass is 351 g/mol. The highest BCUT2D eigenvalue weighted by Crippen LogP contribution is 2.36. The average molecular weight is 353 g/mol. The SMILES string of the molecule is COc1cc(CNCCC(C)C)cc(Br)c1OC.Cl. The summed E-state index contributed by atoms with van der Waals surface area (Å²) in [6.45, 7) is 6.33. The van der Waals surface area contributed by atoms with Crippen LogP contribution in [0.25, 0.3) is 0 Å². The van der Waals surface area contributed by atoms with E-state index in [1.807, 2.05) is 6.07 Å². The lowest BCUT2D eigenvalue weighted by Crippen LogP contribution is -2.16. The van der Waals surface area contributed by atoms with Crippen LogP contribution >= 0.6 is 28.3 Å². The Kier molecular flexibility index (Phi) is 9.23. The van der Waals surface area contributed by atoms with Crippen molar-refractivity contribution in [1.82, 2.24) is 5.32 Å². The van der Waals surface area contributed by atoms with Crippen molar-refractivity contribution in [3.63, 3.8) is 0 Å². The maximum atomic E-state index is 5.32. The highest BCUT2D eigenvalue weighted by molar-refractivity contribution is 9.10. The van der Waals surface area contributed by atoms with Gasteiger partial charge in [-0.15, -0.1) is 12.4 Å². The van der Waals surface area contributed by atoms with Gasteiger partial charge in [0.1, 0.15) is 0 Å². The summed E-state index contributed by atoms with van der Waals surface area (Å²) < 4.78 is 11.5. The largest absolute Gasteiger partial charge is 0.493 e. The number of ether oxygens (including phenoxy) is 2. The van der Waals surface area contributed by atoms with Crippen LogP contribution in [0.4, 0.5) is 0 Å². The van der Waals surface area contributed by atoms with Crippen molar-refractivity contribution in [2.75, 3.05) is 20.8 Å². The molecule has 0 aliphatic heterocycles. The topological polar surface area (TPSA) is 30.5 Å². The number of benzene rings is 1. The standard InChI is InChI=1S/C14H22BrNO2.ClH/c1-10(2)5-6-16-9-11-7-12(15)14(18-4)13(8-11)17-3;/h7-8,10,16H,5-6,9H2,1-4H3;1H. The molecule has 0 aliphatic carbocycles. The van der Waals surface area contributed by atoms with Gasteiger partial charge in [-0.25, -0.2) is 0 Å². The minimum Gasteiger partial charge on any atom is -0.493 e. The summed E-state index contributed by atoms with van der Waals surface area (Å²) in [5, 5.41) is 3.43. The van der Waals surface area contributed by atoms with Crippen LogP contribution in [0.1, 0.15) is 25.8 Å². The molecule has 0 amide bonds. The van der Waals surface area contributed by atoms with Crippen molar-refractivity contribution in [2.45, 2.75) is 26.8 Å². The summed E-state index contributed by atoms with van der Waals surface area (Å²) in [6, 6.07) is 4.07. The van der Waals surface area contributed by atoms with Crippen molar-refractivity contribution in [3.05, 3.63) is 22.2 Å². The molecule has 0 aromatic heterocycles. The van der Waals surface area contributed by atoms with Gasteiger partial charge in [-0.2, -0.15) is 0 Å². The van der Waals surface area contributed by atoms with Crippen LogP contribution in [-0.4, -0.2) is 20.8 Å². The molecule has 3 nitrogen and oxygen atoms in total. The van der Waals surface area contributed by atoms with Crippen LogP contribution in [0.3, 0.4) is 0 Å². The fraction of sp³-hybridized carbons (Fsp3) is 0.571. The molecule has 110 valence electrons. The number of hydrogen-bond acceptors (Lipinski definition) is 3. The summed E-state index contributed by atoms with van der Waals surface area (Å²) in [7, 11) is 3.30. The number of nitrogens with one attached hydrogen (secondary N) is 1. The van der Waals surface area contributed by atoms with E-state index in [4.69, 9.17) is 9.47 Å². The molecule has 0 atom stereocenters. The van der Waals surface area contributed by atoms with E-state index in [2.05, 4.69) is 41.2 Å². The van der Waals surface area contributed by atoms with Gasteiger partial charge in [0.2, 0.25) is 0 Å². The first-order valence-corrected chi connectivity index (χ1v) is 6.99. The van der Waals surface area contributed by atoms with Crippen LogP contribution in [0.15, 0.2) is 16.6 Å². The van der Waals surface area contributed by atoms with Crippen molar-refractivity contribution in [2.24, 2.45) is 5.92 Å². The van der Waals surface area contributed by atoms with Gasteiger partial charge in [-0.1, -0.05) is 13.8 Å². The Morgan fingerprint density at radius 1 is 1.21 bits per heavy atom. The molecule has 0 saturated carbocycles. The van der Waals surface area contributed by atoms with E-state index in [-0.39, 0.29) is 12.4 Å². The summed E-state index contributed by atoms with van der Waals surface area (Å²) in [5.41, 5.74) is 1.18.